The van der Waals surface area contributed by atoms with Gasteiger partial charge in [0.2, 0.25) is 5.91 Å². The molecule has 0 aliphatic carbocycles. The first-order valence-corrected chi connectivity index (χ1v) is 10.4. The van der Waals surface area contributed by atoms with Gasteiger partial charge in [-0.25, -0.2) is 12.8 Å². The fourth-order valence-corrected chi connectivity index (χ4v) is 5.69. The lowest BCUT2D eigenvalue weighted by Gasteiger charge is -2.22. The predicted molar refractivity (Wildman–Crippen MR) is 94.3 cm³/mol. The van der Waals surface area contributed by atoms with Crippen molar-refractivity contribution >= 4 is 27.3 Å². The highest BCUT2D eigenvalue weighted by Crippen LogP contribution is 2.28. The number of hydrogen-bond donors (Lipinski definition) is 1. The van der Waals surface area contributed by atoms with E-state index in [1.807, 2.05) is 0 Å². The van der Waals surface area contributed by atoms with Crippen LogP contribution in [-0.2, 0) is 21.2 Å². The molecule has 0 spiro atoms. The Morgan fingerprint density at radius 3 is 2.72 bits per heavy atom. The van der Waals surface area contributed by atoms with E-state index in [1.54, 1.807) is 29.6 Å². The van der Waals surface area contributed by atoms with Crippen LogP contribution in [0.5, 0.6) is 0 Å². The molecule has 8 heteroatoms. The summed E-state index contributed by atoms with van der Waals surface area (Å²) in [6.45, 7) is 0.740. The molecule has 1 atom stereocenters. The van der Waals surface area contributed by atoms with Gasteiger partial charge in [-0.3, -0.25) is 4.79 Å². The Kier molecular flexibility index (Phi) is 5.51. The minimum absolute atomic E-state index is 0.263. The van der Waals surface area contributed by atoms with Gasteiger partial charge in [0.05, 0.1) is 0 Å². The van der Waals surface area contributed by atoms with Crippen LogP contribution in [-0.4, -0.2) is 37.8 Å². The summed E-state index contributed by atoms with van der Waals surface area (Å²) in [7, 11) is -3.62. The van der Waals surface area contributed by atoms with Crippen molar-refractivity contribution in [1.29, 1.82) is 0 Å². The van der Waals surface area contributed by atoms with Crippen molar-refractivity contribution in [3.8, 4) is 0 Å². The quantitative estimate of drug-likeness (QED) is 0.834. The predicted octanol–water partition coefficient (Wildman–Crippen LogP) is 2.40. The number of nitrogens with zero attached hydrogens (tertiary/aromatic N) is 1. The summed E-state index contributed by atoms with van der Waals surface area (Å²) in [6, 6.07) is 8.68. The van der Waals surface area contributed by atoms with Crippen molar-refractivity contribution in [3.05, 3.63) is 53.2 Å². The Morgan fingerprint density at radius 2 is 2.04 bits per heavy atom. The molecule has 2 aromatic rings. The Balaban J connectivity index is 1.60. The first-order chi connectivity index (χ1) is 12.0. The number of amides is 1. The van der Waals surface area contributed by atoms with E-state index in [-0.39, 0.29) is 15.9 Å². The lowest BCUT2D eigenvalue weighted by atomic mass is 10.1. The second-order valence-corrected chi connectivity index (χ2v) is 8.94. The number of carbonyl (C=O) groups is 1. The number of nitrogens with one attached hydrogen (secondary N) is 1. The SMILES string of the molecule is O=C(NCCc1ccc(F)cc1)C1CCCN1S(=O)(=O)c1cccs1. The molecule has 1 fully saturated rings. The molecule has 1 aromatic heterocycles. The van der Waals surface area contributed by atoms with Crippen LogP contribution in [0.15, 0.2) is 46.0 Å². The first kappa shape index (κ1) is 18.0. The summed E-state index contributed by atoms with van der Waals surface area (Å²) in [5, 5.41) is 4.51. The van der Waals surface area contributed by atoms with Gasteiger partial charge in [0.15, 0.2) is 0 Å². The van der Waals surface area contributed by atoms with E-state index in [9.17, 15) is 17.6 Å². The summed E-state index contributed by atoms with van der Waals surface area (Å²) in [5.74, 6) is -0.576. The summed E-state index contributed by atoms with van der Waals surface area (Å²) in [4.78, 5) is 12.4. The fourth-order valence-electron chi connectivity index (χ4n) is 2.91. The van der Waals surface area contributed by atoms with E-state index >= 15 is 0 Å². The zero-order valence-corrected chi connectivity index (χ0v) is 15.2. The van der Waals surface area contributed by atoms with E-state index in [4.69, 9.17) is 0 Å². The zero-order valence-electron chi connectivity index (χ0n) is 13.5. The number of carbonyl (C=O) groups excluding carboxylic acids is 1. The summed E-state index contributed by atoms with van der Waals surface area (Å²) in [5.41, 5.74) is 0.913. The minimum atomic E-state index is -3.62. The third-order valence-electron chi connectivity index (χ3n) is 4.19. The van der Waals surface area contributed by atoms with E-state index in [0.29, 0.717) is 32.4 Å². The van der Waals surface area contributed by atoms with Gasteiger partial charge in [-0.05, 0) is 48.4 Å². The molecule has 1 aliphatic heterocycles. The topological polar surface area (TPSA) is 66.5 Å². The Hall–Kier alpha value is -1.77. The Bertz CT molecular complexity index is 820. The molecule has 134 valence electrons. The van der Waals surface area contributed by atoms with Crippen molar-refractivity contribution in [2.24, 2.45) is 0 Å². The summed E-state index contributed by atoms with van der Waals surface area (Å²) < 4.78 is 39.8. The standard InChI is InChI=1S/C17H19FN2O3S2/c18-14-7-5-13(6-8-14)9-10-19-17(21)15-3-1-11-20(15)25(22,23)16-4-2-12-24-16/h2,4-8,12,15H,1,3,9-11H2,(H,19,21). The normalized spacial score (nSPS) is 18.4. The van der Waals surface area contributed by atoms with Gasteiger partial charge in [0.25, 0.3) is 10.0 Å². The summed E-state index contributed by atoms with van der Waals surface area (Å²) in [6.07, 6.45) is 1.75. The van der Waals surface area contributed by atoms with Gasteiger partial charge in [0.1, 0.15) is 16.1 Å². The van der Waals surface area contributed by atoms with E-state index in [1.165, 1.54) is 16.4 Å². The third-order valence-corrected chi connectivity index (χ3v) is 7.47. The molecule has 2 heterocycles. The maximum absolute atomic E-state index is 12.9. The van der Waals surface area contributed by atoms with Crippen molar-refractivity contribution in [2.75, 3.05) is 13.1 Å². The van der Waals surface area contributed by atoms with Crippen LogP contribution >= 0.6 is 11.3 Å². The molecule has 1 N–H and O–H groups in total. The van der Waals surface area contributed by atoms with Crippen LogP contribution in [0.4, 0.5) is 4.39 Å². The highest BCUT2D eigenvalue weighted by atomic mass is 32.2. The van der Waals surface area contributed by atoms with Crippen LogP contribution in [0, 0.1) is 5.82 Å². The van der Waals surface area contributed by atoms with Gasteiger partial charge in [-0.2, -0.15) is 4.31 Å². The number of sulfonamides is 1. The van der Waals surface area contributed by atoms with Gasteiger partial charge in [-0.1, -0.05) is 18.2 Å². The smallest absolute Gasteiger partial charge is 0.253 e. The lowest BCUT2D eigenvalue weighted by Crippen LogP contribution is -2.46. The molecule has 5 nitrogen and oxygen atoms in total. The molecule has 0 radical (unpaired) electrons. The second kappa shape index (κ2) is 7.63. The van der Waals surface area contributed by atoms with Crippen molar-refractivity contribution in [1.82, 2.24) is 9.62 Å². The lowest BCUT2D eigenvalue weighted by molar-refractivity contribution is -0.124. The van der Waals surface area contributed by atoms with Gasteiger partial charge in [-0.15, -0.1) is 11.3 Å². The number of thiophene rings is 1. The molecular formula is C17H19FN2O3S2. The molecule has 1 saturated heterocycles. The number of rotatable bonds is 6. The molecule has 25 heavy (non-hydrogen) atoms. The molecular weight excluding hydrogens is 363 g/mol. The minimum Gasteiger partial charge on any atom is -0.354 e. The monoisotopic (exact) mass is 382 g/mol. The molecule has 1 unspecified atom stereocenters. The third kappa shape index (κ3) is 4.08. The Morgan fingerprint density at radius 1 is 1.28 bits per heavy atom. The van der Waals surface area contributed by atoms with E-state index < -0.39 is 16.1 Å². The highest BCUT2D eigenvalue weighted by Gasteiger charge is 2.39. The van der Waals surface area contributed by atoms with E-state index in [2.05, 4.69) is 5.32 Å². The van der Waals surface area contributed by atoms with Crippen LogP contribution in [0.25, 0.3) is 0 Å². The van der Waals surface area contributed by atoms with Crippen molar-refractivity contribution < 1.29 is 17.6 Å². The summed E-state index contributed by atoms with van der Waals surface area (Å²) >= 11 is 1.15. The molecule has 0 bridgehead atoms. The molecule has 1 amide bonds. The average molecular weight is 382 g/mol. The number of halogens is 1. The molecule has 0 saturated carbocycles. The van der Waals surface area contributed by atoms with Crippen LogP contribution in [0.1, 0.15) is 18.4 Å². The maximum Gasteiger partial charge on any atom is 0.253 e. The molecule has 3 rings (SSSR count). The van der Waals surface area contributed by atoms with Crippen LogP contribution in [0.3, 0.4) is 0 Å². The largest absolute Gasteiger partial charge is 0.354 e. The van der Waals surface area contributed by atoms with Gasteiger partial charge >= 0.3 is 0 Å². The fraction of sp³-hybridized carbons (Fsp3) is 0.353. The van der Waals surface area contributed by atoms with E-state index in [0.717, 1.165) is 16.9 Å². The highest BCUT2D eigenvalue weighted by molar-refractivity contribution is 7.91. The van der Waals surface area contributed by atoms with Crippen LogP contribution in [0.2, 0.25) is 0 Å². The second-order valence-electron chi connectivity index (χ2n) is 5.87. The molecule has 1 aliphatic rings. The van der Waals surface area contributed by atoms with Gasteiger partial charge in [0, 0.05) is 13.1 Å². The first-order valence-electron chi connectivity index (χ1n) is 8.06. The van der Waals surface area contributed by atoms with Crippen molar-refractivity contribution in [3.63, 3.8) is 0 Å². The average Bonchev–Trinajstić information content (AvgIpc) is 3.28. The maximum atomic E-state index is 12.9. The van der Waals surface area contributed by atoms with Crippen LogP contribution < -0.4 is 5.32 Å². The van der Waals surface area contributed by atoms with Gasteiger partial charge < -0.3 is 5.32 Å². The van der Waals surface area contributed by atoms with Crippen molar-refractivity contribution in [2.45, 2.75) is 29.5 Å². The zero-order chi connectivity index (χ0) is 17.9. The number of hydrogen-bond acceptors (Lipinski definition) is 4. The molecule has 1 aromatic carbocycles. The number of benzene rings is 1. The Labute approximate surface area is 150 Å².